The van der Waals surface area contributed by atoms with Crippen LogP contribution in [0.4, 0.5) is 4.39 Å². The van der Waals surface area contributed by atoms with Crippen LogP contribution in [0.15, 0.2) is 16.8 Å². The molecule has 0 aromatic rings. The fraction of sp³-hybridized carbons (Fsp3) is 0.500. The van der Waals surface area contributed by atoms with Gasteiger partial charge in [-0.3, -0.25) is 4.99 Å². The van der Waals surface area contributed by atoms with Gasteiger partial charge in [0.25, 0.3) is 0 Å². The van der Waals surface area contributed by atoms with E-state index in [0.29, 0.717) is 10.2 Å². The highest BCUT2D eigenvalue weighted by Gasteiger charge is 1.99. The summed E-state index contributed by atoms with van der Waals surface area (Å²) in [5.41, 5.74) is 5.59. The van der Waals surface area contributed by atoms with Crippen LogP contribution in [0, 0.1) is 0 Å². The van der Waals surface area contributed by atoms with Crippen LogP contribution in [-0.4, -0.2) is 29.6 Å². The molecule has 3 N–H and O–H groups in total. The number of nitrogens with two attached hydrogens (primary N) is 1. The van der Waals surface area contributed by atoms with Gasteiger partial charge >= 0.3 is 0 Å². The summed E-state index contributed by atoms with van der Waals surface area (Å²) in [7, 11) is 0. The van der Waals surface area contributed by atoms with Gasteiger partial charge in [0, 0.05) is 11.8 Å². The normalized spacial score (nSPS) is 13.7. The van der Waals surface area contributed by atoms with Crippen molar-refractivity contribution in [3.63, 3.8) is 0 Å². The van der Waals surface area contributed by atoms with Crippen molar-refractivity contribution in [1.82, 2.24) is 0 Å². The van der Waals surface area contributed by atoms with Gasteiger partial charge in [-0.05, 0) is 15.9 Å². The predicted octanol–water partition coefficient (Wildman–Crippen LogP) is 0.584. The largest absolute Gasteiger partial charge is 0.404 e. The van der Waals surface area contributed by atoms with Gasteiger partial charge in [0.05, 0.1) is 13.2 Å². The zero-order valence-corrected chi connectivity index (χ0v) is 7.51. The number of hydrogen-bond acceptors (Lipinski definition) is 3. The molecule has 0 bridgehead atoms. The summed E-state index contributed by atoms with van der Waals surface area (Å²) in [4.78, 5) is 3.73. The van der Waals surface area contributed by atoms with Gasteiger partial charge in [-0.25, -0.2) is 4.39 Å². The van der Waals surface area contributed by atoms with E-state index in [1.54, 1.807) is 0 Å². The van der Waals surface area contributed by atoms with Crippen molar-refractivity contribution >= 4 is 20.6 Å². The van der Waals surface area contributed by atoms with Crippen LogP contribution >= 0.6 is 15.9 Å². The van der Waals surface area contributed by atoms with Crippen molar-refractivity contribution in [3.8, 4) is 0 Å². The second-order valence-corrected chi connectivity index (χ2v) is 2.46. The van der Waals surface area contributed by atoms with Crippen molar-refractivity contribution < 1.29 is 9.50 Å². The third-order valence-electron chi connectivity index (χ3n) is 0.972. The molecule has 0 spiro atoms. The molecule has 5 heteroatoms. The molecule has 0 aromatic heterocycles. The maximum absolute atomic E-state index is 11.6. The Balaban J connectivity index is 4.08. The Morgan fingerprint density at radius 3 is 2.73 bits per heavy atom. The maximum atomic E-state index is 11.6. The maximum Gasteiger partial charge on any atom is 0.109 e. The molecule has 0 atom stereocenters. The third kappa shape index (κ3) is 4.10. The van der Waals surface area contributed by atoms with Gasteiger partial charge in [-0.2, -0.15) is 0 Å². The quantitative estimate of drug-likeness (QED) is 0.687. The first-order valence-electron chi connectivity index (χ1n) is 3.04. The van der Waals surface area contributed by atoms with E-state index in [1.807, 2.05) is 0 Å². The van der Waals surface area contributed by atoms with E-state index in [0.717, 1.165) is 0 Å². The molecule has 0 saturated carbocycles. The molecule has 0 amide bonds. The van der Waals surface area contributed by atoms with Crippen LogP contribution < -0.4 is 5.73 Å². The first-order valence-corrected chi connectivity index (χ1v) is 3.83. The van der Waals surface area contributed by atoms with Crippen LogP contribution in [0.1, 0.15) is 0 Å². The molecule has 0 heterocycles. The highest BCUT2D eigenvalue weighted by molar-refractivity contribution is 9.18. The SMILES string of the molecule is NC=C(CO)C(Br)=NCCF. The summed E-state index contributed by atoms with van der Waals surface area (Å²) in [6.07, 6.45) is 1.23. The Hall–Kier alpha value is -0.420. The second-order valence-electron chi connectivity index (χ2n) is 1.71. The minimum absolute atomic E-state index is 0.0813. The van der Waals surface area contributed by atoms with Gasteiger partial charge in [0.15, 0.2) is 0 Å². The molecule has 0 radical (unpaired) electrons. The molecule has 0 aliphatic rings. The number of rotatable bonds is 4. The number of alkyl halides is 1. The lowest BCUT2D eigenvalue weighted by atomic mass is 10.3. The molecule has 0 aliphatic heterocycles. The van der Waals surface area contributed by atoms with Crippen molar-refractivity contribution in [2.75, 3.05) is 19.8 Å². The van der Waals surface area contributed by atoms with E-state index in [1.165, 1.54) is 6.20 Å². The molecule has 64 valence electrons. The number of aliphatic hydroxyl groups excluding tert-OH is 1. The fourth-order valence-electron chi connectivity index (χ4n) is 0.429. The molecule has 0 unspecified atom stereocenters. The highest BCUT2D eigenvalue weighted by Crippen LogP contribution is 2.02. The van der Waals surface area contributed by atoms with Crippen LogP contribution in [0.2, 0.25) is 0 Å². The minimum Gasteiger partial charge on any atom is -0.404 e. The lowest BCUT2D eigenvalue weighted by Crippen LogP contribution is -2.03. The molecule has 3 nitrogen and oxygen atoms in total. The molecule has 0 fully saturated rings. The number of nitrogens with zero attached hydrogens (tertiary/aromatic N) is 1. The van der Waals surface area contributed by atoms with Crippen molar-refractivity contribution in [1.29, 1.82) is 0 Å². The molecule has 11 heavy (non-hydrogen) atoms. The number of halogens is 2. The molecule has 0 aromatic carbocycles. The van der Waals surface area contributed by atoms with Crippen LogP contribution in [0.5, 0.6) is 0 Å². The summed E-state index contributed by atoms with van der Waals surface area (Å²) < 4.78 is 12.0. The molecule has 0 aliphatic carbocycles. The van der Waals surface area contributed by atoms with E-state index >= 15 is 0 Å². The van der Waals surface area contributed by atoms with Crippen molar-refractivity contribution in [3.05, 3.63) is 11.8 Å². The van der Waals surface area contributed by atoms with Crippen LogP contribution in [0.3, 0.4) is 0 Å². The molecule has 0 saturated heterocycles. The zero-order valence-electron chi connectivity index (χ0n) is 5.93. The topological polar surface area (TPSA) is 58.6 Å². The first-order chi connectivity index (χ1) is 5.26. The summed E-state index contributed by atoms with van der Waals surface area (Å²) in [6.45, 7) is -0.636. The van der Waals surface area contributed by atoms with Crippen molar-refractivity contribution in [2.45, 2.75) is 0 Å². The Kier molecular flexibility index (Phi) is 6.06. The second kappa shape index (κ2) is 6.30. The zero-order chi connectivity index (χ0) is 8.69. The number of hydrogen-bond donors (Lipinski definition) is 2. The van der Waals surface area contributed by atoms with E-state index in [9.17, 15) is 4.39 Å². The van der Waals surface area contributed by atoms with Gasteiger partial charge in [-0.15, -0.1) is 0 Å². The number of aliphatic hydroxyl groups is 1. The first kappa shape index (κ1) is 10.6. The lowest BCUT2D eigenvalue weighted by Gasteiger charge is -1.98. The monoisotopic (exact) mass is 224 g/mol. The van der Waals surface area contributed by atoms with Gasteiger partial charge in [0.2, 0.25) is 0 Å². The van der Waals surface area contributed by atoms with E-state index in [2.05, 4.69) is 20.9 Å². The standard InChI is InChI=1S/C6H10BrFN2O/c7-6(10-2-1-8)5(3-9)4-11/h3,11H,1-2,4,9H2. The van der Waals surface area contributed by atoms with E-state index in [-0.39, 0.29) is 13.2 Å². The highest BCUT2D eigenvalue weighted by atomic mass is 79.9. The van der Waals surface area contributed by atoms with E-state index in [4.69, 9.17) is 10.8 Å². The fourth-order valence-corrected chi connectivity index (χ4v) is 0.864. The van der Waals surface area contributed by atoms with Crippen LogP contribution in [-0.2, 0) is 0 Å². The minimum atomic E-state index is -0.515. The smallest absolute Gasteiger partial charge is 0.109 e. The molecule has 0 rings (SSSR count). The predicted molar refractivity (Wildman–Crippen MR) is 46.6 cm³/mol. The number of aliphatic imine (C=N–C) groups is 1. The average molecular weight is 225 g/mol. The van der Waals surface area contributed by atoms with Crippen LogP contribution in [0.25, 0.3) is 0 Å². The summed E-state index contributed by atoms with van der Waals surface area (Å²) >= 11 is 3.04. The molecular weight excluding hydrogens is 215 g/mol. The molecular formula is C6H10BrFN2O. The summed E-state index contributed by atoms with van der Waals surface area (Å²) in [5, 5.41) is 8.64. The van der Waals surface area contributed by atoms with Crippen molar-refractivity contribution in [2.24, 2.45) is 10.7 Å². The lowest BCUT2D eigenvalue weighted by molar-refractivity contribution is 0.337. The van der Waals surface area contributed by atoms with Gasteiger partial charge in [0.1, 0.15) is 11.3 Å². The summed E-state index contributed by atoms with van der Waals surface area (Å²) in [6, 6.07) is 0. The Morgan fingerprint density at radius 2 is 2.36 bits per heavy atom. The van der Waals surface area contributed by atoms with Gasteiger partial charge in [-0.1, -0.05) is 0 Å². The Labute approximate surface area is 72.9 Å². The Bertz CT molecular complexity index is 170. The van der Waals surface area contributed by atoms with Gasteiger partial charge < -0.3 is 10.8 Å². The van der Waals surface area contributed by atoms with E-state index < -0.39 is 6.67 Å². The Morgan fingerprint density at radius 1 is 1.73 bits per heavy atom. The third-order valence-corrected chi connectivity index (χ3v) is 1.73. The average Bonchev–Trinajstić information content (AvgIpc) is 2.03. The summed E-state index contributed by atoms with van der Waals surface area (Å²) in [5.74, 6) is 0.